The van der Waals surface area contributed by atoms with Gasteiger partial charge in [0.1, 0.15) is 0 Å². The van der Waals surface area contributed by atoms with Crippen LogP contribution < -0.4 is 10.1 Å². The standard InChI is InChI=1S/C12H18N2O/c1-2-13-7-11-5-6-12(14-8-11)15-9-10-3-4-10/h5-6,8,10,13H,2-4,7,9H2,1H3. The molecule has 1 heterocycles. The molecular weight excluding hydrogens is 188 g/mol. The third-order valence-electron chi connectivity index (χ3n) is 2.54. The van der Waals surface area contributed by atoms with E-state index in [9.17, 15) is 0 Å². The minimum absolute atomic E-state index is 0.752. The lowest BCUT2D eigenvalue weighted by atomic mass is 10.3. The molecule has 1 saturated carbocycles. The van der Waals surface area contributed by atoms with Gasteiger partial charge in [0.05, 0.1) is 6.61 Å². The first-order valence-corrected chi connectivity index (χ1v) is 5.67. The summed E-state index contributed by atoms with van der Waals surface area (Å²) >= 11 is 0. The summed E-state index contributed by atoms with van der Waals surface area (Å²) in [6.45, 7) is 4.80. The highest BCUT2D eigenvalue weighted by Gasteiger charge is 2.21. The summed E-state index contributed by atoms with van der Waals surface area (Å²) in [5.74, 6) is 1.54. The first kappa shape index (κ1) is 10.4. The second-order valence-corrected chi connectivity index (χ2v) is 4.04. The molecular formula is C12H18N2O. The van der Waals surface area contributed by atoms with Crippen LogP contribution in [0.1, 0.15) is 25.3 Å². The largest absolute Gasteiger partial charge is 0.477 e. The molecule has 0 spiro atoms. The Balaban J connectivity index is 1.79. The minimum atomic E-state index is 0.752. The molecule has 1 aromatic rings. The lowest BCUT2D eigenvalue weighted by Crippen LogP contribution is -2.11. The zero-order chi connectivity index (χ0) is 10.5. The van der Waals surface area contributed by atoms with E-state index in [1.54, 1.807) is 0 Å². The van der Waals surface area contributed by atoms with E-state index in [2.05, 4.69) is 23.3 Å². The number of pyridine rings is 1. The van der Waals surface area contributed by atoms with Crippen LogP contribution in [0, 0.1) is 5.92 Å². The van der Waals surface area contributed by atoms with Gasteiger partial charge in [-0.05, 0) is 30.9 Å². The van der Waals surface area contributed by atoms with Crippen molar-refractivity contribution in [2.45, 2.75) is 26.3 Å². The van der Waals surface area contributed by atoms with E-state index in [0.29, 0.717) is 0 Å². The lowest BCUT2D eigenvalue weighted by Gasteiger charge is -2.05. The Morgan fingerprint density at radius 2 is 2.33 bits per heavy atom. The molecule has 0 aliphatic heterocycles. The summed E-state index contributed by atoms with van der Waals surface area (Å²) in [7, 11) is 0. The first-order chi connectivity index (χ1) is 7.38. The second kappa shape index (κ2) is 5.12. The van der Waals surface area contributed by atoms with Gasteiger partial charge in [0.15, 0.2) is 0 Å². The molecule has 0 atom stereocenters. The molecule has 1 aliphatic rings. The summed E-state index contributed by atoms with van der Waals surface area (Å²) in [4.78, 5) is 4.27. The highest BCUT2D eigenvalue weighted by atomic mass is 16.5. The van der Waals surface area contributed by atoms with Gasteiger partial charge in [-0.3, -0.25) is 0 Å². The van der Waals surface area contributed by atoms with E-state index in [0.717, 1.165) is 31.5 Å². The topological polar surface area (TPSA) is 34.1 Å². The fourth-order valence-electron chi connectivity index (χ4n) is 1.36. The highest BCUT2D eigenvalue weighted by molar-refractivity contribution is 5.17. The van der Waals surface area contributed by atoms with Gasteiger partial charge in [0.2, 0.25) is 5.88 Å². The minimum Gasteiger partial charge on any atom is -0.477 e. The van der Waals surface area contributed by atoms with Gasteiger partial charge in [-0.2, -0.15) is 0 Å². The maximum Gasteiger partial charge on any atom is 0.213 e. The predicted octanol–water partition coefficient (Wildman–Crippen LogP) is 1.98. The molecule has 0 amide bonds. The molecule has 1 aliphatic carbocycles. The molecule has 82 valence electrons. The van der Waals surface area contributed by atoms with Crippen molar-refractivity contribution >= 4 is 0 Å². The van der Waals surface area contributed by atoms with Crippen molar-refractivity contribution in [1.82, 2.24) is 10.3 Å². The molecule has 1 N–H and O–H groups in total. The van der Waals surface area contributed by atoms with Gasteiger partial charge in [-0.1, -0.05) is 13.0 Å². The van der Waals surface area contributed by atoms with Crippen LogP contribution in [0.4, 0.5) is 0 Å². The van der Waals surface area contributed by atoms with E-state index < -0.39 is 0 Å². The van der Waals surface area contributed by atoms with Crippen molar-refractivity contribution < 1.29 is 4.74 Å². The summed E-state index contributed by atoms with van der Waals surface area (Å²) in [6.07, 6.45) is 4.52. The lowest BCUT2D eigenvalue weighted by molar-refractivity contribution is 0.288. The van der Waals surface area contributed by atoms with E-state index in [-0.39, 0.29) is 0 Å². The number of hydrogen-bond donors (Lipinski definition) is 1. The predicted molar refractivity (Wildman–Crippen MR) is 59.8 cm³/mol. The van der Waals surface area contributed by atoms with Crippen LogP contribution in [-0.4, -0.2) is 18.1 Å². The molecule has 0 saturated heterocycles. The normalized spacial score (nSPS) is 15.3. The van der Waals surface area contributed by atoms with Crippen molar-refractivity contribution in [2.24, 2.45) is 5.92 Å². The molecule has 0 radical (unpaired) electrons. The molecule has 1 aromatic heterocycles. The number of nitrogens with one attached hydrogen (secondary N) is 1. The van der Waals surface area contributed by atoms with Crippen LogP contribution in [0.2, 0.25) is 0 Å². The molecule has 3 nitrogen and oxygen atoms in total. The fraction of sp³-hybridized carbons (Fsp3) is 0.583. The van der Waals surface area contributed by atoms with Crippen molar-refractivity contribution in [1.29, 1.82) is 0 Å². The Hall–Kier alpha value is -1.09. The average Bonchev–Trinajstić information content (AvgIpc) is 3.09. The number of nitrogens with zero attached hydrogens (tertiary/aromatic N) is 1. The number of rotatable bonds is 6. The van der Waals surface area contributed by atoms with Crippen LogP contribution in [-0.2, 0) is 6.54 Å². The van der Waals surface area contributed by atoms with Crippen molar-refractivity contribution in [3.8, 4) is 5.88 Å². The summed E-state index contributed by atoms with van der Waals surface area (Å²) < 4.78 is 5.56. The van der Waals surface area contributed by atoms with E-state index in [4.69, 9.17) is 4.74 Å². The van der Waals surface area contributed by atoms with Crippen molar-refractivity contribution in [3.05, 3.63) is 23.9 Å². The summed E-state index contributed by atoms with van der Waals surface area (Å²) in [5, 5.41) is 3.26. The molecule has 0 unspecified atom stereocenters. The summed E-state index contributed by atoms with van der Waals surface area (Å²) in [6, 6.07) is 4.02. The van der Waals surface area contributed by atoms with Crippen LogP contribution in [0.25, 0.3) is 0 Å². The third kappa shape index (κ3) is 3.51. The van der Waals surface area contributed by atoms with Crippen LogP contribution >= 0.6 is 0 Å². The quantitative estimate of drug-likeness (QED) is 0.772. The number of hydrogen-bond acceptors (Lipinski definition) is 3. The van der Waals surface area contributed by atoms with Crippen LogP contribution in [0.15, 0.2) is 18.3 Å². The average molecular weight is 206 g/mol. The molecule has 3 heteroatoms. The Bertz CT molecular complexity index is 293. The fourth-order valence-corrected chi connectivity index (χ4v) is 1.36. The molecule has 15 heavy (non-hydrogen) atoms. The SMILES string of the molecule is CCNCc1ccc(OCC2CC2)nc1. The zero-order valence-electron chi connectivity index (χ0n) is 9.20. The monoisotopic (exact) mass is 206 g/mol. The van der Waals surface area contributed by atoms with Gasteiger partial charge in [0, 0.05) is 18.8 Å². The smallest absolute Gasteiger partial charge is 0.213 e. The maximum atomic E-state index is 5.56. The van der Waals surface area contributed by atoms with E-state index in [1.807, 2.05) is 12.3 Å². The Morgan fingerprint density at radius 3 is 2.93 bits per heavy atom. The van der Waals surface area contributed by atoms with Gasteiger partial charge in [-0.25, -0.2) is 4.98 Å². The van der Waals surface area contributed by atoms with Gasteiger partial charge >= 0.3 is 0 Å². The number of ether oxygens (including phenoxy) is 1. The highest BCUT2D eigenvalue weighted by Crippen LogP contribution is 2.29. The Morgan fingerprint density at radius 1 is 1.47 bits per heavy atom. The molecule has 0 aromatic carbocycles. The number of aromatic nitrogens is 1. The van der Waals surface area contributed by atoms with Gasteiger partial charge < -0.3 is 10.1 Å². The Kier molecular flexibility index (Phi) is 3.56. The van der Waals surface area contributed by atoms with Crippen molar-refractivity contribution in [3.63, 3.8) is 0 Å². The van der Waals surface area contributed by atoms with Gasteiger partial charge in [-0.15, -0.1) is 0 Å². The Labute approximate surface area is 90.9 Å². The molecule has 0 bridgehead atoms. The first-order valence-electron chi connectivity index (χ1n) is 5.67. The molecule has 2 rings (SSSR count). The maximum absolute atomic E-state index is 5.56. The van der Waals surface area contributed by atoms with Crippen LogP contribution in [0.5, 0.6) is 5.88 Å². The van der Waals surface area contributed by atoms with E-state index >= 15 is 0 Å². The van der Waals surface area contributed by atoms with Crippen LogP contribution in [0.3, 0.4) is 0 Å². The third-order valence-corrected chi connectivity index (χ3v) is 2.54. The van der Waals surface area contributed by atoms with Crippen molar-refractivity contribution in [2.75, 3.05) is 13.2 Å². The second-order valence-electron chi connectivity index (χ2n) is 4.04. The zero-order valence-corrected chi connectivity index (χ0v) is 9.20. The van der Waals surface area contributed by atoms with Gasteiger partial charge in [0.25, 0.3) is 0 Å². The van der Waals surface area contributed by atoms with E-state index in [1.165, 1.54) is 18.4 Å². The molecule has 1 fully saturated rings. The summed E-state index contributed by atoms with van der Waals surface area (Å²) in [5.41, 5.74) is 1.20.